The van der Waals surface area contributed by atoms with Gasteiger partial charge in [-0.1, -0.05) is 30.3 Å². The van der Waals surface area contributed by atoms with E-state index in [2.05, 4.69) is 10.3 Å². The molecular weight excluding hydrogens is 314 g/mol. The molecule has 0 unspecified atom stereocenters. The molecule has 0 radical (unpaired) electrons. The van der Waals surface area contributed by atoms with Crippen LogP contribution in [-0.4, -0.2) is 20.6 Å². The lowest BCUT2D eigenvalue weighted by Crippen LogP contribution is -2.23. The Balaban J connectivity index is 1.59. The Bertz CT molecular complexity index is 853. The van der Waals surface area contributed by atoms with E-state index in [0.717, 1.165) is 22.6 Å². The van der Waals surface area contributed by atoms with Crippen molar-refractivity contribution >= 4 is 5.91 Å². The van der Waals surface area contributed by atoms with Crippen molar-refractivity contribution in [2.45, 2.75) is 26.3 Å². The molecule has 0 saturated heterocycles. The minimum Gasteiger partial charge on any atom is -0.508 e. The van der Waals surface area contributed by atoms with Gasteiger partial charge in [-0.3, -0.25) is 4.79 Å². The minimum atomic E-state index is 0.00484. The quantitative estimate of drug-likeness (QED) is 0.727. The zero-order valence-corrected chi connectivity index (χ0v) is 14.1. The van der Waals surface area contributed by atoms with Gasteiger partial charge in [-0.25, -0.2) is 4.98 Å². The fourth-order valence-electron chi connectivity index (χ4n) is 2.73. The summed E-state index contributed by atoms with van der Waals surface area (Å²) in [6, 6.07) is 14.9. The molecule has 128 valence electrons. The summed E-state index contributed by atoms with van der Waals surface area (Å²) in [6.45, 7) is 2.43. The third-order valence-corrected chi connectivity index (χ3v) is 4.13. The lowest BCUT2D eigenvalue weighted by molar-refractivity contribution is -0.121. The van der Waals surface area contributed by atoms with Gasteiger partial charge in [0.05, 0.1) is 5.69 Å². The van der Waals surface area contributed by atoms with Crippen molar-refractivity contribution in [3.05, 3.63) is 77.9 Å². The summed E-state index contributed by atoms with van der Waals surface area (Å²) < 4.78 is 2.01. The number of carbonyl (C=O) groups excluding carboxylic acids is 1. The highest BCUT2D eigenvalue weighted by Crippen LogP contribution is 2.16. The van der Waals surface area contributed by atoms with Crippen LogP contribution in [0.3, 0.4) is 0 Å². The summed E-state index contributed by atoms with van der Waals surface area (Å²) in [5.74, 6) is 1.15. The normalized spacial score (nSPS) is 10.6. The summed E-state index contributed by atoms with van der Waals surface area (Å²) in [6.07, 6.45) is 4.74. The zero-order valence-electron chi connectivity index (χ0n) is 14.1. The number of rotatable bonds is 6. The van der Waals surface area contributed by atoms with Crippen molar-refractivity contribution in [3.63, 3.8) is 0 Å². The molecule has 5 heteroatoms. The van der Waals surface area contributed by atoms with E-state index < -0.39 is 0 Å². The maximum atomic E-state index is 12.1. The Hall–Kier alpha value is -3.08. The Morgan fingerprint density at radius 3 is 2.64 bits per heavy atom. The number of nitrogens with zero attached hydrogens (tertiary/aromatic N) is 2. The SMILES string of the molecule is Cc1nccn1-c1ccccc1CNC(=O)CCc1ccc(O)cc1. The highest BCUT2D eigenvalue weighted by molar-refractivity contribution is 5.76. The van der Waals surface area contributed by atoms with Crippen molar-refractivity contribution in [1.29, 1.82) is 0 Å². The first-order valence-electron chi connectivity index (χ1n) is 8.26. The first kappa shape index (κ1) is 16.8. The standard InChI is InChI=1S/C20H21N3O2/c1-15-21-12-13-23(15)19-5-3-2-4-17(19)14-22-20(25)11-8-16-6-9-18(24)10-7-16/h2-7,9-10,12-13,24H,8,11,14H2,1H3,(H,22,25). The molecule has 0 aliphatic heterocycles. The Morgan fingerprint density at radius 1 is 1.16 bits per heavy atom. The maximum absolute atomic E-state index is 12.1. The molecule has 0 aliphatic rings. The van der Waals surface area contributed by atoms with Crippen molar-refractivity contribution in [2.24, 2.45) is 0 Å². The Labute approximate surface area is 147 Å². The summed E-state index contributed by atoms with van der Waals surface area (Å²) in [5.41, 5.74) is 3.10. The molecule has 0 spiro atoms. The van der Waals surface area contributed by atoms with E-state index in [4.69, 9.17) is 0 Å². The van der Waals surface area contributed by atoms with Gasteiger partial charge in [-0.15, -0.1) is 0 Å². The number of hydrogen-bond acceptors (Lipinski definition) is 3. The fraction of sp³-hybridized carbons (Fsp3) is 0.200. The largest absolute Gasteiger partial charge is 0.508 e. The summed E-state index contributed by atoms with van der Waals surface area (Å²) in [7, 11) is 0. The predicted octanol–water partition coefficient (Wildman–Crippen LogP) is 3.14. The van der Waals surface area contributed by atoms with Crippen LogP contribution in [0, 0.1) is 6.92 Å². The monoisotopic (exact) mass is 335 g/mol. The highest BCUT2D eigenvalue weighted by atomic mass is 16.3. The number of aromatic hydroxyl groups is 1. The number of aryl methyl sites for hydroxylation is 2. The van der Waals surface area contributed by atoms with Crippen molar-refractivity contribution in [2.75, 3.05) is 0 Å². The second-order valence-electron chi connectivity index (χ2n) is 5.92. The molecule has 3 aromatic rings. The summed E-state index contributed by atoms with van der Waals surface area (Å²) >= 11 is 0. The molecule has 2 aromatic carbocycles. The van der Waals surface area contributed by atoms with Crippen LogP contribution in [0.25, 0.3) is 5.69 Å². The third-order valence-electron chi connectivity index (χ3n) is 4.13. The number of carbonyl (C=O) groups is 1. The molecule has 5 nitrogen and oxygen atoms in total. The van der Waals surface area contributed by atoms with Gasteiger partial charge in [0.15, 0.2) is 0 Å². The Morgan fingerprint density at radius 2 is 1.92 bits per heavy atom. The van der Waals surface area contributed by atoms with E-state index in [9.17, 15) is 9.90 Å². The second-order valence-corrected chi connectivity index (χ2v) is 5.92. The van der Waals surface area contributed by atoms with Gasteiger partial charge in [-0.2, -0.15) is 0 Å². The van der Waals surface area contributed by atoms with Crippen LogP contribution in [0.15, 0.2) is 60.9 Å². The number of hydrogen-bond donors (Lipinski definition) is 2. The van der Waals surface area contributed by atoms with Crippen LogP contribution in [0.2, 0.25) is 0 Å². The molecule has 3 rings (SSSR count). The number of amides is 1. The summed E-state index contributed by atoms with van der Waals surface area (Å²) in [4.78, 5) is 16.4. The smallest absolute Gasteiger partial charge is 0.220 e. The van der Waals surface area contributed by atoms with Gasteiger partial charge in [0.1, 0.15) is 11.6 Å². The van der Waals surface area contributed by atoms with E-state index in [1.54, 1.807) is 18.3 Å². The summed E-state index contributed by atoms with van der Waals surface area (Å²) in [5, 5.41) is 12.3. The second kappa shape index (κ2) is 7.66. The number of nitrogens with one attached hydrogen (secondary N) is 1. The van der Waals surface area contributed by atoms with E-state index in [1.807, 2.05) is 54.1 Å². The molecule has 2 N–H and O–H groups in total. The van der Waals surface area contributed by atoms with Crippen LogP contribution < -0.4 is 5.32 Å². The van der Waals surface area contributed by atoms with Gasteiger partial charge in [0.2, 0.25) is 5.91 Å². The van der Waals surface area contributed by atoms with Gasteiger partial charge < -0.3 is 15.0 Å². The molecular formula is C20H21N3O2. The van der Waals surface area contributed by atoms with E-state index in [1.165, 1.54) is 0 Å². The fourth-order valence-corrected chi connectivity index (χ4v) is 2.73. The van der Waals surface area contributed by atoms with Crippen LogP contribution in [0.4, 0.5) is 0 Å². The number of aromatic nitrogens is 2. The molecule has 0 fully saturated rings. The van der Waals surface area contributed by atoms with Crippen LogP contribution in [0.5, 0.6) is 5.75 Å². The van der Waals surface area contributed by atoms with Crippen molar-refractivity contribution in [3.8, 4) is 11.4 Å². The number of imidazole rings is 1. The molecule has 0 saturated carbocycles. The van der Waals surface area contributed by atoms with Crippen LogP contribution in [-0.2, 0) is 17.8 Å². The van der Waals surface area contributed by atoms with Crippen molar-refractivity contribution in [1.82, 2.24) is 14.9 Å². The Kier molecular flexibility index (Phi) is 5.14. The van der Waals surface area contributed by atoms with E-state index in [-0.39, 0.29) is 11.7 Å². The minimum absolute atomic E-state index is 0.00484. The van der Waals surface area contributed by atoms with Crippen LogP contribution >= 0.6 is 0 Å². The van der Waals surface area contributed by atoms with Crippen molar-refractivity contribution < 1.29 is 9.90 Å². The lowest BCUT2D eigenvalue weighted by Gasteiger charge is -2.12. The maximum Gasteiger partial charge on any atom is 0.220 e. The molecule has 1 amide bonds. The number of phenolic OH excluding ortho intramolecular Hbond substituents is 1. The van der Waals surface area contributed by atoms with E-state index in [0.29, 0.717) is 19.4 Å². The highest BCUT2D eigenvalue weighted by Gasteiger charge is 2.08. The predicted molar refractivity (Wildman–Crippen MR) is 96.6 cm³/mol. The first-order chi connectivity index (χ1) is 12.1. The van der Waals surface area contributed by atoms with Gasteiger partial charge in [0, 0.05) is 25.4 Å². The zero-order chi connectivity index (χ0) is 17.6. The number of benzene rings is 2. The molecule has 0 bridgehead atoms. The van der Waals surface area contributed by atoms with Gasteiger partial charge >= 0.3 is 0 Å². The third kappa shape index (κ3) is 4.26. The lowest BCUT2D eigenvalue weighted by atomic mass is 10.1. The molecule has 1 aromatic heterocycles. The van der Waals surface area contributed by atoms with Gasteiger partial charge in [0.25, 0.3) is 0 Å². The number of phenols is 1. The average molecular weight is 335 g/mol. The molecule has 0 atom stereocenters. The number of para-hydroxylation sites is 1. The topological polar surface area (TPSA) is 67.2 Å². The first-order valence-corrected chi connectivity index (χ1v) is 8.26. The molecule has 0 aliphatic carbocycles. The average Bonchev–Trinajstić information content (AvgIpc) is 3.05. The van der Waals surface area contributed by atoms with E-state index >= 15 is 0 Å². The van der Waals surface area contributed by atoms with Gasteiger partial charge in [-0.05, 0) is 42.7 Å². The van der Waals surface area contributed by atoms with Crippen LogP contribution in [0.1, 0.15) is 23.4 Å². The molecule has 1 heterocycles. The molecule has 25 heavy (non-hydrogen) atoms.